The van der Waals surface area contributed by atoms with E-state index in [0.717, 1.165) is 23.5 Å². The number of aliphatic hydroxyl groups excluding tert-OH is 1. The molecule has 0 saturated carbocycles. The van der Waals surface area contributed by atoms with Crippen molar-refractivity contribution < 1.29 is 14.6 Å². The summed E-state index contributed by atoms with van der Waals surface area (Å²) in [5, 5.41) is 9.65. The topological polar surface area (TPSA) is 38.7 Å². The van der Waals surface area contributed by atoms with Crippen LogP contribution in [0.2, 0.25) is 0 Å². The molecule has 0 radical (unpaired) electrons. The van der Waals surface area contributed by atoms with Crippen LogP contribution in [0, 0.1) is 0 Å². The molecule has 0 fully saturated rings. The highest BCUT2D eigenvalue weighted by Gasteiger charge is 2.18. The van der Waals surface area contributed by atoms with Gasteiger partial charge in [-0.05, 0) is 23.3 Å². The molecule has 92 valence electrons. The highest BCUT2D eigenvalue weighted by molar-refractivity contribution is 5.50. The second-order valence-corrected chi connectivity index (χ2v) is 4.34. The summed E-state index contributed by atoms with van der Waals surface area (Å²) in [5.74, 6) is 1.68. The number of methoxy groups -OCH3 is 1. The highest BCUT2D eigenvalue weighted by Crippen LogP contribution is 2.37. The molecule has 0 saturated heterocycles. The van der Waals surface area contributed by atoms with Crippen LogP contribution in [0.4, 0.5) is 0 Å². The van der Waals surface area contributed by atoms with Gasteiger partial charge in [0.2, 0.25) is 0 Å². The number of fused-ring (bicyclic) bond motifs is 2. The van der Waals surface area contributed by atoms with Crippen molar-refractivity contribution in [3.63, 3.8) is 0 Å². The number of benzene rings is 2. The van der Waals surface area contributed by atoms with Crippen molar-refractivity contribution in [1.82, 2.24) is 0 Å². The summed E-state index contributed by atoms with van der Waals surface area (Å²) in [6.07, 6.45) is -0.0504. The average molecular weight is 242 g/mol. The molecule has 1 aliphatic heterocycles. The van der Waals surface area contributed by atoms with Crippen molar-refractivity contribution in [2.75, 3.05) is 7.11 Å². The van der Waals surface area contributed by atoms with Crippen molar-refractivity contribution in [3.05, 3.63) is 59.2 Å². The SMILES string of the molecule is COC(O)c1ccc2c(c1)Oc1ccccc1C2. The molecular weight excluding hydrogens is 228 g/mol. The van der Waals surface area contributed by atoms with E-state index in [0.29, 0.717) is 5.56 Å². The maximum Gasteiger partial charge on any atom is 0.180 e. The van der Waals surface area contributed by atoms with E-state index in [1.807, 2.05) is 36.4 Å². The van der Waals surface area contributed by atoms with Crippen molar-refractivity contribution in [3.8, 4) is 11.5 Å². The minimum atomic E-state index is -0.906. The first kappa shape index (κ1) is 11.3. The molecule has 1 aliphatic rings. The average Bonchev–Trinajstić information content (AvgIpc) is 2.43. The fourth-order valence-electron chi connectivity index (χ4n) is 2.17. The number of aliphatic hydroxyl groups is 1. The molecule has 1 unspecified atom stereocenters. The van der Waals surface area contributed by atoms with Gasteiger partial charge in [0, 0.05) is 19.1 Å². The Morgan fingerprint density at radius 3 is 2.72 bits per heavy atom. The summed E-state index contributed by atoms with van der Waals surface area (Å²) in [4.78, 5) is 0. The van der Waals surface area contributed by atoms with Gasteiger partial charge in [-0.15, -0.1) is 0 Å². The van der Waals surface area contributed by atoms with E-state index in [1.54, 1.807) is 0 Å². The van der Waals surface area contributed by atoms with Crippen LogP contribution in [0.25, 0.3) is 0 Å². The van der Waals surface area contributed by atoms with E-state index in [4.69, 9.17) is 9.47 Å². The monoisotopic (exact) mass is 242 g/mol. The Hall–Kier alpha value is -1.84. The fraction of sp³-hybridized carbons (Fsp3) is 0.200. The Morgan fingerprint density at radius 1 is 1.11 bits per heavy atom. The molecule has 18 heavy (non-hydrogen) atoms. The zero-order valence-corrected chi connectivity index (χ0v) is 10.1. The lowest BCUT2D eigenvalue weighted by molar-refractivity contribution is -0.0770. The molecule has 0 amide bonds. The second kappa shape index (κ2) is 4.44. The molecule has 1 N–H and O–H groups in total. The van der Waals surface area contributed by atoms with Crippen LogP contribution in [0.3, 0.4) is 0 Å². The van der Waals surface area contributed by atoms with Gasteiger partial charge in [0.25, 0.3) is 0 Å². The molecule has 3 heteroatoms. The third kappa shape index (κ3) is 1.88. The van der Waals surface area contributed by atoms with Crippen LogP contribution in [0.5, 0.6) is 11.5 Å². The Labute approximate surface area is 106 Å². The zero-order valence-electron chi connectivity index (χ0n) is 10.1. The van der Waals surface area contributed by atoms with Gasteiger partial charge < -0.3 is 14.6 Å². The van der Waals surface area contributed by atoms with Gasteiger partial charge in [0.1, 0.15) is 11.5 Å². The molecule has 0 bridgehead atoms. The maximum atomic E-state index is 9.65. The highest BCUT2D eigenvalue weighted by atomic mass is 16.6. The number of hydrogen-bond donors (Lipinski definition) is 1. The number of ether oxygens (including phenoxy) is 2. The normalized spacial score (nSPS) is 14.3. The maximum absolute atomic E-state index is 9.65. The van der Waals surface area contributed by atoms with Crippen molar-refractivity contribution in [2.45, 2.75) is 12.7 Å². The number of rotatable bonds is 2. The predicted molar refractivity (Wildman–Crippen MR) is 67.7 cm³/mol. The van der Waals surface area contributed by atoms with Crippen LogP contribution in [-0.2, 0) is 11.2 Å². The molecule has 2 aromatic carbocycles. The number of hydrogen-bond acceptors (Lipinski definition) is 3. The summed E-state index contributed by atoms with van der Waals surface area (Å²) in [6, 6.07) is 13.7. The van der Waals surface area contributed by atoms with E-state index < -0.39 is 6.29 Å². The first-order chi connectivity index (χ1) is 8.78. The van der Waals surface area contributed by atoms with Gasteiger partial charge in [-0.1, -0.05) is 30.3 Å². The van der Waals surface area contributed by atoms with Gasteiger partial charge >= 0.3 is 0 Å². The lowest BCUT2D eigenvalue weighted by Gasteiger charge is -2.21. The predicted octanol–water partition coefficient (Wildman–Crippen LogP) is 3.02. The molecule has 0 aromatic heterocycles. The molecule has 3 rings (SSSR count). The third-order valence-corrected chi connectivity index (χ3v) is 3.17. The Morgan fingerprint density at radius 2 is 1.89 bits per heavy atom. The van der Waals surface area contributed by atoms with Gasteiger partial charge in [-0.25, -0.2) is 0 Å². The Bertz CT molecular complexity index is 578. The van der Waals surface area contributed by atoms with E-state index in [9.17, 15) is 5.11 Å². The summed E-state index contributed by atoms with van der Waals surface area (Å²) < 4.78 is 10.7. The summed E-state index contributed by atoms with van der Waals surface area (Å²) in [6.45, 7) is 0. The minimum absolute atomic E-state index is 0.704. The van der Waals surface area contributed by atoms with E-state index >= 15 is 0 Å². The van der Waals surface area contributed by atoms with Gasteiger partial charge in [0.15, 0.2) is 6.29 Å². The van der Waals surface area contributed by atoms with Crippen LogP contribution in [0.15, 0.2) is 42.5 Å². The molecule has 1 atom stereocenters. The molecular formula is C15H14O3. The smallest absolute Gasteiger partial charge is 0.180 e. The van der Waals surface area contributed by atoms with Crippen molar-refractivity contribution in [2.24, 2.45) is 0 Å². The molecule has 0 aliphatic carbocycles. The number of para-hydroxylation sites is 1. The van der Waals surface area contributed by atoms with Crippen LogP contribution in [-0.4, -0.2) is 12.2 Å². The van der Waals surface area contributed by atoms with E-state index in [-0.39, 0.29) is 0 Å². The lowest BCUT2D eigenvalue weighted by Crippen LogP contribution is -2.05. The second-order valence-electron chi connectivity index (χ2n) is 4.34. The molecule has 3 nitrogen and oxygen atoms in total. The summed E-state index contributed by atoms with van der Waals surface area (Å²) >= 11 is 0. The van der Waals surface area contributed by atoms with Crippen LogP contribution in [0.1, 0.15) is 23.0 Å². The molecule has 1 heterocycles. The van der Waals surface area contributed by atoms with Gasteiger partial charge in [-0.2, -0.15) is 0 Å². The third-order valence-electron chi connectivity index (χ3n) is 3.17. The lowest BCUT2D eigenvalue weighted by atomic mass is 9.99. The zero-order chi connectivity index (χ0) is 12.5. The standard InChI is InChI=1S/C15H14O3/c1-17-15(16)12-7-6-11-8-10-4-2-3-5-13(10)18-14(11)9-12/h2-7,9,15-16H,8H2,1H3. The van der Waals surface area contributed by atoms with Crippen molar-refractivity contribution >= 4 is 0 Å². The quantitative estimate of drug-likeness (QED) is 0.702. The first-order valence-electron chi connectivity index (χ1n) is 5.87. The summed E-state index contributed by atoms with van der Waals surface area (Å²) in [5.41, 5.74) is 3.02. The van der Waals surface area contributed by atoms with Crippen molar-refractivity contribution in [1.29, 1.82) is 0 Å². The van der Waals surface area contributed by atoms with Crippen LogP contribution >= 0.6 is 0 Å². The molecule has 2 aromatic rings. The largest absolute Gasteiger partial charge is 0.457 e. The fourth-order valence-corrected chi connectivity index (χ4v) is 2.17. The van der Waals surface area contributed by atoms with Gasteiger partial charge in [-0.3, -0.25) is 0 Å². The van der Waals surface area contributed by atoms with Gasteiger partial charge in [0.05, 0.1) is 0 Å². The summed E-state index contributed by atoms with van der Waals surface area (Å²) in [7, 11) is 1.47. The first-order valence-corrected chi connectivity index (χ1v) is 5.87. The molecule has 0 spiro atoms. The van der Waals surface area contributed by atoms with E-state index in [1.165, 1.54) is 12.7 Å². The Kier molecular flexibility index (Phi) is 2.78. The Balaban J connectivity index is 1.98. The minimum Gasteiger partial charge on any atom is -0.457 e. The van der Waals surface area contributed by atoms with Crippen LogP contribution < -0.4 is 4.74 Å². The van der Waals surface area contributed by atoms with E-state index in [2.05, 4.69) is 6.07 Å².